The first-order chi connectivity index (χ1) is 11.8. The van der Waals surface area contributed by atoms with Gasteiger partial charge in [-0.15, -0.1) is 0 Å². The molecule has 7 heteroatoms. The van der Waals surface area contributed by atoms with Crippen LogP contribution < -0.4 is 0 Å². The summed E-state index contributed by atoms with van der Waals surface area (Å²) in [6, 6.07) is 3.72. The van der Waals surface area contributed by atoms with Gasteiger partial charge in [0, 0.05) is 42.3 Å². The molecule has 2 aromatic heterocycles. The van der Waals surface area contributed by atoms with Crippen molar-refractivity contribution in [3.63, 3.8) is 0 Å². The smallest absolute Gasteiger partial charge is 0.305 e. The van der Waals surface area contributed by atoms with Crippen molar-refractivity contribution in [2.24, 2.45) is 5.16 Å². The van der Waals surface area contributed by atoms with Gasteiger partial charge in [-0.1, -0.05) is 5.16 Å². The lowest BCUT2D eigenvalue weighted by Crippen LogP contribution is -2.07. The van der Waals surface area contributed by atoms with Gasteiger partial charge in [0.1, 0.15) is 18.6 Å². The molecule has 0 amide bonds. The number of carbonyl (C=O) groups is 1. The van der Waals surface area contributed by atoms with Crippen molar-refractivity contribution in [3.05, 3.63) is 54.4 Å². The number of aromatic nitrogens is 3. The fourth-order valence-corrected chi connectivity index (χ4v) is 1.98. The standard InChI is InChI=1S/C17H20N4O3/c1-2-23-16(22)7-3-4-9-24-21-17(14-6-5-8-18-10-14)15-11-19-13-20-12-15/h5-6,8,10-13H,2-4,7,9H2,1H3. The van der Waals surface area contributed by atoms with Crippen LogP contribution in [0.25, 0.3) is 0 Å². The first-order valence-corrected chi connectivity index (χ1v) is 7.82. The summed E-state index contributed by atoms with van der Waals surface area (Å²) >= 11 is 0. The molecule has 2 heterocycles. The zero-order chi connectivity index (χ0) is 17.0. The maximum absolute atomic E-state index is 11.2. The third-order valence-corrected chi connectivity index (χ3v) is 3.10. The van der Waals surface area contributed by atoms with Crippen LogP contribution in [0.2, 0.25) is 0 Å². The molecule has 0 atom stereocenters. The number of ether oxygens (including phenoxy) is 1. The molecule has 0 bridgehead atoms. The molecule has 7 nitrogen and oxygen atoms in total. The average Bonchev–Trinajstić information content (AvgIpc) is 2.63. The van der Waals surface area contributed by atoms with Crippen molar-refractivity contribution in [2.75, 3.05) is 13.2 Å². The lowest BCUT2D eigenvalue weighted by atomic mass is 10.1. The van der Waals surface area contributed by atoms with Crippen molar-refractivity contribution in [1.82, 2.24) is 15.0 Å². The number of unbranched alkanes of at least 4 members (excludes halogenated alkanes) is 1. The molecule has 0 aromatic carbocycles. The van der Waals surface area contributed by atoms with Crippen LogP contribution in [-0.2, 0) is 14.4 Å². The number of oxime groups is 1. The highest BCUT2D eigenvalue weighted by Crippen LogP contribution is 2.09. The Balaban J connectivity index is 1.91. The quantitative estimate of drug-likeness (QED) is 0.304. The third-order valence-electron chi connectivity index (χ3n) is 3.10. The van der Waals surface area contributed by atoms with Crippen LogP contribution >= 0.6 is 0 Å². The Labute approximate surface area is 140 Å². The van der Waals surface area contributed by atoms with Gasteiger partial charge in [-0.3, -0.25) is 9.78 Å². The molecule has 126 valence electrons. The Morgan fingerprint density at radius 1 is 1.12 bits per heavy atom. The molecule has 24 heavy (non-hydrogen) atoms. The zero-order valence-electron chi connectivity index (χ0n) is 13.6. The van der Waals surface area contributed by atoms with Gasteiger partial charge in [-0.2, -0.15) is 0 Å². The van der Waals surface area contributed by atoms with E-state index in [1.54, 1.807) is 31.7 Å². The van der Waals surface area contributed by atoms with Gasteiger partial charge >= 0.3 is 5.97 Å². The number of carbonyl (C=O) groups excluding carboxylic acids is 1. The van der Waals surface area contributed by atoms with Crippen LogP contribution in [-0.4, -0.2) is 39.8 Å². The molecule has 0 aliphatic carbocycles. The summed E-state index contributed by atoms with van der Waals surface area (Å²) in [5.41, 5.74) is 2.19. The number of pyridine rings is 1. The minimum atomic E-state index is -0.182. The van der Waals surface area contributed by atoms with Gasteiger partial charge in [0.25, 0.3) is 0 Å². The maximum atomic E-state index is 11.2. The van der Waals surface area contributed by atoms with Crippen LogP contribution in [0.15, 0.2) is 48.4 Å². The molecule has 2 rings (SSSR count). The van der Waals surface area contributed by atoms with Crippen LogP contribution in [0.3, 0.4) is 0 Å². The average molecular weight is 328 g/mol. The Hall–Kier alpha value is -2.83. The summed E-state index contributed by atoms with van der Waals surface area (Å²) in [6.07, 6.45) is 10.0. The highest BCUT2D eigenvalue weighted by atomic mass is 16.6. The summed E-state index contributed by atoms with van der Waals surface area (Å²) < 4.78 is 4.87. The highest BCUT2D eigenvalue weighted by Gasteiger charge is 2.09. The molecule has 0 unspecified atom stereocenters. The summed E-state index contributed by atoms with van der Waals surface area (Å²) in [5.74, 6) is -0.182. The molecule has 0 fully saturated rings. The number of rotatable bonds is 9. The molecule has 0 aliphatic heterocycles. The van der Waals surface area contributed by atoms with Crippen LogP contribution in [0.4, 0.5) is 0 Å². The van der Waals surface area contributed by atoms with E-state index in [2.05, 4.69) is 20.1 Å². The number of esters is 1. The molecule has 0 radical (unpaired) electrons. The van der Waals surface area contributed by atoms with E-state index in [4.69, 9.17) is 9.57 Å². The van der Waals surface area contributed by atoms with E-state index in [9.17, 15) is 4.79 Å². The van der Waals surface area contributed by atoms with Crippen molar-refractivity contribution in [2.45, 2.75) is 26.2 Å². The van der Waals surface area contributed by atoms with E-state index in [0.29, 0.717) is 38.2 Å². The molecule has 0 saturated heterocycles. The Morgan fingerprint density at radius 3 is 2.62 bits per heavy atom. The van der Waals surface area contributed by atoms with Crippen LogP contribution in [0, 0.1) is 0 Å². The van der Waals surface area contributed by atoms with E-state index in [1.165, 1.54) is 6.33 Å². The molecule has 0 spiro atoms. The largest absolute Gasteiger partial charge is 0.466 e. The summed E-state index contributed by atoms with van der Waals surface area (Å²) in [6.45, 7) is 2.62. The van der Waals surface area contributed by atoms with Gasteiger partial charge in [-0.05, 0) is 31.9 Å². The first-order valence-electron chi connectivity index (χ1n) is 7.82. The lowest BCUT2D eigenvalue weighted by Gasteiger charge is -2.06. The van der Waals surface area contributed by atoms with E-state index in [1.807, 2.05) is 12.1 Å². The predicted octanol–water partition coefficient (Wildman–Crippen LogP) is 2.37. The van der Waals surface area contributed by atoms with Gasteiger partial charge < -0.3 is 9.57 Å². The second kappa shape index (κ2) is 10.0. The molecule has 2 aromatic rings. The maximum Gasteiger partial charge on any atom is 0.305 e. The Bertz CT molecular complexity index is 606. The number of hydrogen-bond donors (Lipinski definition) is 0. The lowest BCUT2D eigenvalue weighted by molar-refractivity contribution is -0.143. The number of nitrogens with zero attached hydrogens (tertiary/aromatic N) is 4. The second-order valence-electron chi connectivity index (χ2n) is 4.90. The fraction of sp³-hybridized carbons (Fsp3) is 0.353. The summed E-state index contributed by atoms with van der Waals surface area (Å²) in [5, 5.41) is 4.20. The highest BCUT2D eigenvalue weighted by molar-refractivity contribution is 6.12. The van der Waals surface area contributed by atoms with Crippen molar-refractivity contribution in [1.29, 1.82) is 0 Å². The Morgan fingerprint density at radius 2 is 1.92 bits per heavy atom. The Kier molecular flexibility index (Phi) is 7.33. The predicted molar refractivity (Wildman–Crippen MR) is 88.3 cm³/mol. The van der Waals surface area contributed by atoms with E-state index in [0.717, 1.165) is 11.1 Å². The SMILES string of the molecule is CCOC(=O)CCCCON=C(c1cccnc1)c1cncnc1. The van der Waals surface area contributed by atoms with Gasteiger partial charge in [-0.25, -0.2) is 9.97 Å². The summed E-state index contributed by atoms with van der Waals surface area (Å²) in [7, 11) is 0. The van der Waals surface area contributed by atoms with Gasteiger partial charge in [0.15, 0.2) is 0 Å². The molecular weight excluding hydrogens is 308 g/mol. The zero-order valence-corrected chi connectivity index (χ0v) is 13.6. The number of hydrogen-bond acceptors (Lipinski definition) is 7. The van der Waals surface area contributed by atoms with Gasteiger partial charge in [0.2, 0.25) is 0 Å². The first kappa shape index (κ1) is 17.5. The molecule has 0 N–H and O–H groups in total. The minimum absolute atomic E-state index is 0.182. The second-order valence-corrected chi connectivity index (χ2v) is 4.90. The van der Waals surface area contributed by atoms with Crippen molar-refractivity contribution >= 4 is 11.7 Å². The molecule has 0 saturated carbocycles. The third kappa shape index (κ3) is 5.75. The minimum Gasteiger partial charge on any atom is -0.466 e. The topological polar surface area (TPSA) is 86.6 Å². The van der Waals surface area contributed by atoms with E-state index >= 15 is 0 Å². The van der Waals surface area contributed by atoms with E-state index in [-0.39, 0.29) is 5.97 Å². The van der Waals surface area contributed by atoms with Crippen LogP contribution in [0.1, 0.15) is 37.3 Å². The normalized spacial score (nSPS) is 11.1. The van der Waals surface area contributed by atoms with Gasteiger partial charge in [0.05, 0.1) is 6.61 Å². The monoisotopic (exact) mass is 328 g/mol. The van der Waals surface area contributed by atoms with Crippen molar-refractivity contribution in [3.8, 4) is 0 Å². The van der Waals surface area contributed by atoms with Crippen molar-refractivity contribution < 1.29 is 14.4 Å². The molecular formula is C17H20N4O3. The molecule has 0 aliphatic rings. The summed E-state index contributed by atoms with van der Waals surface area (Å²) in [4.78, 5) is 28.8. The van der Waals surface area contributed by atoms with E-state index < -0.39 is 0 Å². The fourth-order valence-electron chi connectivity index (χ4n) is 1.98. The van der Waals surface area contributed by atoms with Crippen LogP contribution in [0.5, 0.6) is 0 Å².